The number of hydrogen-bond donors (Lipinski definition) is 2. The zero-order valence-electron chi connectivity index (χ0n) is 14.4. The molecule has 0 amide bonds. The summed E-state index contributed by atoms with van der Waals surface area (Å²) in [4.78, 5) is 5.59. The fourth-order valence-electron chi connectivity index (χ4n) is 2.96. The van der Waals surface area contributed by atoms with Gasteiger partial charge in [-0.05, 0) is 31.4 Å². The highest BCUT2D eigenvalue weighted by atomic mass is 19.4. The van der Waals surface area contributed by atoms with Crippen LogP contribution in [-0.4, -0.2) is 49.8 Å². The summed E-state index contributed by atoms with van der Waals surface area (Å²) in [6.07, 6.45) is -3.46. The lowest BCUT2D eigenvalue weighted by atomic mass is 10.1. The highest BCUT2D eigenvalue weighted by Crippen LogP contribution is 2.20. The molecule has 4 nitrogen and oxygen atoms in total. The average molecular weight is 342 g/mol. The number of aliphatic imine (C=N–C) groups is 1. The Bertz CT molecular complexity index is 584. The maximum Gasteiger partial charge on any atom is 0.401 e. The normalized spacial score (nSPS) is 19.6. The van der Waals surface area contributed by atoms with Crippen LogP contribution in [0.1, 0.15) is 23.1 Å². The number of aryl methyl sites for hydroxylation is 2. The van der Waals surface area contributed by atoms with Crippen LogP contribution < -0.4 is 10.6 Å². The predicted octanol–water partition coefficient (Wildman–Crippen LogP) is 2.61. The molecule has 2 rings (SSSR count). The molecule has 2 N–H and O–H groups in total. The number of likely N-dealkylation sites (tertiary alicyclic amines) is 1. The van der Waals surface area contributed by atoms with Crippen LogP contribution in [0.4, 0.5) is 13.2 Å². The van der Waals surface area contributed by atoms with Crippen LogP contribution in [0.5, 0.6) is 0 Å². The van der Waals surface area contributed by atoms with Gasteiger partial charge in [0.1, 0.15) is 0 Å². The van der Waals surface area contributed by atoms with Crippen molar-refractivity contribution in [2.24, 2.45) is 4.99 Å². The van der Waals surface area contributed by atoms with Gasteiger partial charge in [0.05, 0.1) is 6.54 Å². The van der Waals surface area contributed by atoms with Gasteiger partial charge in [0, 0.05) is 32.7 Å². The summed E-state index contributed by atoms with van der Waals surface area (Å²) >= 11 is 0. The SMILES string of the molecule is CN=C(NCc1ccc(C)cc1C)NC1CCN(CC(F)(F)F)C1. The number of guanidine groups is 1. The van der Waals surface area contributed by atoms with E-state index in [2.05, 4.69) is 47.7 Å². The summed E-state index contributed by atoms with van der Waals surface area (Å²) in [5, 5.41) is 6.45. The van der Waals surface area contributed by atoms with Crippen molar-refractivity contribution < 1.29 is 13.2 Å². The summed E-state index contributed by atoms with van der Waals surface area (Å²) in [5.41, 5.74) is 3.60. The molecule has 0 aliphatic carbocycles. The molecule has 1 unspecified atom stereocenters. The molecule has 1 aromatic carbocycles. The van der Waals surface area contributed by atoms with Crippen LogP contribution in [0, 0.1) is 13.8 Å². The molecule has 1 heterocycles. The largest absolute Gasteiger partial charge is 0.401 e. The molecular weight excluding hydrogens is 317 g/mol. The fraction of sp³-hybridized carbons (Fsp3) is 0.588. The Hall–Kier alpha value is -1.76. The second-order valence-electron chi connectivity index (χ2n) is 6.34. The number of alkyl halides is 3. The molecule has 0 saturated carbocycles. The first-order chi connectivity index (χ1) is 11.3. The molecule has 24 heavy (non-hydrogen) atoms. The molecule has 1 aromatic rings. The topological polar surface area (TPSA) is 39.7 Å². The van der Waals surface area contributed by atoms with Crippen LogP contribution in [0.3, 0.4) is 0 Å². The second-order valence-corrected chi connectivity index (χ2v) is 6.34. The Morgan fingerprint density at radius 3 is 2.71 bits per heavy atom. The third kappa shape index (κ3) is 5.70. The molecule has 1 fully saturated rings. The van der Waals surface area contributed by atoms with Gasteiger partial charge < -0.3 is 10.6 Å². The lowest BCUT2D eigenvalue weighted by molar-refractivity contribution is -0.143. The second kappa shape index (κ2) is 7.88. The number of nitrogens with zero attached hydrogens (tertiary/aromatic N) is 2. The van der Waals surface area contributed by atoms with E-state index in [1.807, 2.05) is 0 Å². The van der Waals surface area contributed by atoms with Crippen molar-refractivity contribution in [1.82, 2.24) is 15.5 Å². The van der Waals surface area contributed by atoms with Crippen LogP contribution in [0.25, 0.3) is 0 Å². The molecule has 134 valence electrons. The van der Waals surface area contributed by atoms with E-state index in [0.717, 1.165) is 0 Å². The zero-order chi connectivity index (χ0) is 17.7. The van der Waals surface area contributed by atoms with Gasteiger partial charge in [0.25, 0.3) is 0 Å². The third-order valence-electron chi connectivity index (χ3n) is 4.18. The molecule has 7 heteroatoms. The maximum absolute atomic E-state index is 12.4. The summed E-state index contributed by atoms with van der Waals surface area (Å²) in [5.74, 6) is 0.619. The van der Waals surface area contributed by atoms with Gasteiger partial charge in [-0.3, -0.25) is 9.89 Å². The molecule has 1 saturated heterocycles. The van der Waals surface area contributed by atoms with Crippen molar-refractivity contribution in [1.29, 1.82) is 0 Å². The maximum atomic E-state index is 12.4. The number of nitrogens with one attached hydrogen (secondary N) is 2. The van der Waals surface area contributed by atoms with E-state index < -0.39 is 12.7 Å². The lowest BCUT2D eigenvalue weighted by Crippen LogP contribution is -2.45. The van der Waals surface area contributed by atoms with Gasteiger partial charge in [-0.15, -0.1) is 0 Å². The zero-order valence-corrected chi connectivity index (χ0v) is 14.4. The van der Waals surface area contributed by atoms with Gasteiger partial charge in [-0.1, -0.05) is 23.8 Å². The van der Waals surface area contributed by atoms with E-state index in [-0.39, 0.29) is 6.04 Å². The van der Waals surface area contributed by atoms with E-state index >= 15 is 0 Å². The molecule has 0 spiro atoms. The summed E-state index contributed by atoms with van der Waals surface area (Å²) in [6.45, 7) is 4.73. The molecule has 0 radical (unpaired) electrons. The quantitative estimate of drug-likeness (QED) is 0.653. The lowest BCUT2D eigenvalue weighted by Gasteiger charge is -2.20. The van der Waals surface area contributed by atoms with E-state index in [4.69, 9.17) is 0 Å². The van der Waals surface area contributed by atoms with Gasteiger partial charge in [-0.25, -0.2) is 0 Å². The van der Waals surface area contributed by atoms with Crippen LogP contribution in [0.2, 0.25) is 0 Å². The van der Waals surface area contributed by atoms with Crippen molar-refractivity contribution in [3.05, 3.63) is 34.9 Å². The Morgan fingerprint density at radius 2 is 2.08 bits per heavy atom. The van der Waals surface area contributed by atoms with Crippen molar-refractivity contribution in [3.63, 3.8) is 0 Å². The Balaban J connectivity index is 1.83. The first kappa shape index (κ1) is 18.6. The van der Waals surface area contributed by atoms with Crippen molar-refractivity contribution >= 4 is 5.96 Å². The van der Waals surface area contributed by atoms with Crippen molar-refractivity contribution in [3.8, 4) is 0 Å². The third-order valence-corrected chi connectivity index (χ3v) is 4.18. The van der Waals surface area contributed by atoms with Gasteiger partial charge in [0.15, 0.2) is 5.96 Å². The van der Waals surface area contributed by atoms with Crippen LogP contribution >= 0.6 is 0 Å². The Kier molecular flexibility index (Phi) is 6.10. The molecule has 1 aliphatic rings. The van der Waals surface area contributed by atoms with Gasteiger partial charge in [-0.2, -0.15) is 13.2 Å². The van der Waals surface area contributed by atoms with E-state index in [0.29, 0.717) is 32.0 Å². The summed E-state index contributed by atoms with van der Waals surface area (Å²) < 4.78 is 37.3. The first-order valence-corrected chi connectivity index (χ1v) is 8.09. The number of hydrogen-bond acceptors (Lipinski definition) is 2. The highest BCUT2D eigenvalue weighted by molar-refractivity contribution is 5.80. The van der Waals surface area contributed by atoms with Gasteiger partial charge in [0.2, 0.25) is 0 Å². The van der Waals surface area contributed by atoms with E-state index in [1.54, 1.807) is 7.05 Å². The monoisotopic (exact) mass is 342 g/mol. The van der Waals surface area contributed by atoms with Crippen LogP contribution in [0.15, 0.2) is 23.2 Å². The Labute approximate surface area is 141 Å². The minimum absolute atomic E-state index is 0.0161. The Morgan fingerprint density at radius 1 is 1.33 bits per heavy atom. The van der Waals surface area contributed by atoms with Gasteiger partial charge >= 0.3 is 6.18 Å². The minimum atomic E-state index is -4.14. The number of rotatable bonds is 4. The highest BCUT2D eigenvalue weighted by Gasteiger charge is 2.34. The average Bonchev–Trinajstić information content (AvgIpc) is 2.89. The number of benzene rings is 1. The standard InChI is InChI=1S/C17H25F3N4/c1-12-4-5-14(13(2)8-12)9-22-16(21-3)23-15-6-7-24(10-15)11-17(18,19)20/h4-5,8,15H,6-7,9-11H2,1-3H3,(H2,21,22,23). The van der Waals surface area contributed by atoms with Crippen molar-refractivity contribution in [2.75, 3.05) is 26.7 Å². The number of halogens is 3. The minimum Gasteiger partial charge on any atom is -0.352 e. The smallest absolute Gasteiger partial charge is 0.352 e. The van der Waals surface area contributed by atoms with Crippen LogP contribution in [-0.2, 0) is 6.54 Å². The summed E-state index contributed by atoms with van der Waals surface area (Å²) in [7, 11) is 1.67. The summed E-state index contributed by atoms with van der Waals surface area (Å²) in [6, 6.07) is 6.24. The molecule has 1 atom stereocenters. The molecular formula is C17H25F3N4. The first-order valence-electron chi connectivity index (χ1n) is 8.09. The van der Waals surface area contributed by atoms with Crippen molar-refractivity contribution in [2.45, 2.75) is 39.0 Å². The molecule has 1 aliphatic heterocycles. The van der Waals surface area contributed by atoms with E-state index in [1.165, 1.54) is 21.6 Å². The molecule has 0 aromatic heterocycles. The molecule has 0 bridgehead atoms. The fourth-order valence-corrected chi connectivity index (χ4v) is 2.96. The van der Waals surface area contributed by atoms with E-state index in [9.17, 15) is 13.2 Å². The predicted molar refractivity (Wildman–Crippen MR) is 90.2 cm³/mol.